The van der Waals surface area contributed by atoms with Gasteiger partial charge in [0, 0.05) is 5.56 Å². The van der Waals surface area contributed by atoms with Crippen LogP contribution in [0.5, 0.6) is 5.75 Å². The van der Waals surface area contributed by atoms with Crippen molar-refractivity contribution in [3.8, 4) is 5.75 Å². The third kappa shape index (κ3) is 1.85. The Morgan fingerprint density at radius 2 is 2.18 bits per heavy atom. The molecule has 1 rings (SSSR count). The van der Waals surface area contributed by atoms with Gasteiger partial charge in [-0.25, -0.2) is 0 Å². The normalized spacial score (nSPS) is 11.5. The molecule has 0 fully saturated rings. The molecule has 0 spiro atoms. The van der Waals surface area contributed by atoms with Crippen LogP contribution in [0.4, 0.5) is 0 Å². The van der Waals surface area contributed by atoms with Crippen molar-refractivity contribution in [3.05, 3.63) is 29.8 Å². The minimum atomic E-state index is -0.0408. The van der Waals surface area contributed by atoms with Gasteiger partial charge < -0.3 is 10.3 Å². The van der Waals surface area contributed by atoms with E-state index < -0.39 is 0 Å². The van der Waals surface area contributed by atoms with Crippen LogP contribution in [0.3, 0.4) is 0 Å². The van der Waals surface area contributed by atoms with Crippen molar-refractivity contribution in [2.75, 3.05) is 0 Å². The first kappa shape index (κ1) is 7.88. The molecule has 0 aliphatic heterocycles. The monoisotopic (exact) mass is 171 g/mol. The SMILES string of the molecule is O/N=C(/Cl)c1cccc(O)c1. The first-order chi connectivity index (χ1) is 5.24. The predicted octanol–water partition coefficient (Wildman–Crippen LogP) is 1.77. The fourth-order valence-corrected chi connectivity index (χ4v) is 0.810. The van der Waals surface area contributed by atoms with Crippen LogP contribution in [0.1, 0.15) is 5.56 Å². The molecule has 3 nitrogen and oxygen atoms in total. The Labute approximate surface area is 68.5 Å². The Bertz CT molecular complexity index is 286. The molecule has 11 heavy (non-hydrogen) atoms. The molecule has 0 heterocycles. The standard InChI is InChI=1S/C7H6ClNO2/c8-7(9-11)5-2-1-3-6(10)4-5/h1-4,10-11H/b9-7+. The van der Waals surface area contributed by atoms with Gasteiger partial charge in [0.05, 0.1) is 0 Å². The molecule has 2 N–H and O–H groups in total. The average Bonchev–Trinajstić information content (AvgIpc) is 2.03. The lowest BCUT2D eigenvalue weighted by Crippen LogP contribution is -1.89. The largest absolute Gasteiger partial charge is 0.508 e. The molecule has 1 aromatic rings. The number of rotatable bonds is 1. The van der Waals surface area contributed by atoms with E-state index >= 15 is 0 Å². The molecular weight excluding hydrogens is 166 g/mol. The van der Waals surface area contributed by atoms with Crippen molar-refractivity contribution in [1.29, 1.82) is 0 Å². The second-order valence-corrected chi connectivity index (χ2v) is 2.30. The van der Waals surface area contributed by atoms with E-state index in [1.54, 1.807) is 12.1 Å². The first-order valence-electron chi connectivity index (χ1n) is 2.91. The van der Waals surface area contributed by atoms with Gasteiger partial charge in [0.25, 0.3) is 0 Å². The average molecular weight is 172 g/mol. The zero-order valence-corrected chi connectivity index (χ0v) is 6.28. The lowest BCUT2D eigenvalue weighted by Gasteiger charge is -1.95. The summed E-state index contributed by atoms with van der Waals surface area (Å²) in [7, 11) is 0. The fourth-order valence-electron chi connectivity index (χ4n) is 0.692. The minimum absolute atomic E-state index is 0.0408. The Morgan fingerprint density at radius 3 is 2.73 bits per heavy atom. The van der Waals surface area contributed by atoms with Gasteiger partial charge in [0.2, 0.25) is 0 Å². The van der Waals surface area contributed by atoms with E-state index in [4.69, 9.17) is 21.9 Å². The number of phenols is 1. The summed E-state index contributed by atoms with van der Waals surface area (Å²) in [5.74, 6) is 0.0873. The summed E-state index contributed by atoms with van der Waals surface area (Å²) in [6.45, 7) is 0. The minimum Gasteiger partial charge on any atom is -0.508 e. The van der Waals surface area contributed by atoms with Crippen LogP contribution >= 0.6 is 11.6 Å². The number of oxime groups is 1. The van der Waals surface area contributed by atoms with Crippen LogP contribution in [0.2, 0.25) is 0 Å². The van der Waals surface area contributed by atoms with Crippen LogP contribution in [-0.2, 0) is 0 Å². The van der Waals surface area contributed by atoms with Crippen molar-refractivity contribution in [3.63, 3.8) is 0 Å². The number of hydrogen-bond acceptors (Lipinski definition) is 3. The molecule has 0 aliphatic carbocycles. The molecular formula is C7H6ClNO2. The topological polar surface area (TPSA) is 52.8 Å². The van der Waals surface area contributed by atoms with Crippen LogP contribution in [0.15, 0.2) is 29.4 Å². The van der Waals surface area contributed by atoms with Crippen molar-refractivity contribution >= 4 is 16.8 Å². The molecule has 0 atom stereocenters. The van der Waals surface area contributed by atoms with Crippen LogP contribution in [0.25, 0.3) is 0 Å². The number of aromatic hydroxyl groups is 1. The Hall–Kier alpha value is -1.22. The maximum Gasteiger partial charge on any atom is 0.175 e. The Morgan fingerprint density at radius 1 is 1.45 bits per heavy atom. The lowest BCUT2D eigenvalue weighted by atomic mass is 10.2. The summed E-state index contributed by atoms with van der Waals surface area (Å²) in [6.07, 6.45) is 0. The van der Waals surface area contributed by atoms with Gasteiger partial charge in [-0.3, -0.25) is 0 Å². The van der Waals surface area contributed by atoms with E-state index in [-0.39, 0.29) is 10.9 Å². The van der Waals surface area contributed by atoms with Gasteiger partial charge in [0.1, 0.15) is 5.75 Å². The Kier molecular flexibility index (Phi) is 2.33. The number of hydrogen-bond donors (Lipinski definition) is 2. The molecule has 0 saturated heterocycles. The van der Waals surface area contributed by atoms with Gasteiger partial charge in [-0.2, -0.15) is 0 Å². The molecule has 0 aromatic heterocycles. The van der Waals surface area contributed by atoms with Gasteiger partial charge in [-0.05, 0) is 12.1 Å². The predicted molar refractivity (Wildman–Crippen MR) is 42.3 cm³/mol. The highest BCUT2D eigenvalue weighted by Crippen LogP contribution is 2.12. The van der Waals surface area contributed by atoms with E-state index in [0.717, 1.165) is 0 Å². The number of halogens is 1. The molecule has 0 amide bonds. The number of phenolic OH excluding ortho intramolecular Hbond substituents is 1. The molecule has 58 valence electrons. The fraction of sp³-hybridized carbons (Fsp3) is 0. The first-order valence-corrected chi connectivity index (χ1v) is 3.29. The number of nitrogens with zero attached hydrogens (tertiary/aromatic N) is 1. The molecule has 0 unspecified atom stereocenters. The second kappa shape index (κ2) is 3.25. The highest BCUT2D eigenvalue weighted by atomic mass is 35.5. The Balaban J connectivity index is 3.06. The molecule has 0 saturated carbocycles. The van der Waals surface area contributed by atoms with Crippen LogP contribution in [-0.4, -0.2) is 15.5 Å². The van der Waals surface area contributed by atoms with Gasteiger partial charge in [-0.1, -0.05) is 28.9 Å². The highest BCUT2D eigenvalue weighted by Gasteiger charge is 1.99. The molecule has 0 bridgehead atoms. The smallest absolute Gasteiger partial charge is 0.175 e. The van der Waals surface area contributed by atoms with E-state index in [1.165, 1.54) is 12.1 Å². The summed E-state index contributed by atoms with van der Waals surface area (Å²) in [5, 5.41) is 19.9. The second-order valence-electron chi connectivity index (χ2n) is 1.94. The summed E-state index contributed by atoms with van der Waals surface area (Å²) in [6, 6.07) is 6.15. The third-order valence-electron chi connectivity index (χ3n) is 1.17. The number of benzene rings is 1. The lowest BCUT2D eigenvalue weighted by molar-refractivity contribution is 0.321. The van der Waals surface area contributed by atoms with Crippen LogP contribution < -0.4 is 0 Å². The third-order valence-corrected chi connectivity index (χ3v) is 1.47. The van der Waals surface area contributed by atoms with Crippen molar-refractivity contribution in [2.24, 2.45) is 5.16 Å². The van der Waals surface area contributed by atoms with E-state index in [1.807, 2.05) is 0 Å². The maximum absolute atomic E-state index is 8.96. The molecule has 1 aromatic carbocycles. The van der Waals surface area contributed by atoms with Crippen molar-refractivity contribution < 1.29 is 10.3 Å². The van der Waals surface area contributed by atoms with Crippen molar-refractivity contribution in [1.82, 2.24) is 0 Å². The molecule has 0 aliphatic rings. The summed E-state index contributed by atoms with van der Waals surface area (Å²) in [4.78, 5) is 0. The molecule has 0 radical (unpaired) electrons. The van der Waals surface area contributed by atoms with Gasteiger partial charge >= 0.3 is 0 Å². The summed E-state index contributed by atoms with van der Waals surface area (Å²) >= 11 is 5.45. The quantitative estimate of drug-likeness (QED) is 0.384. The summed E-state index contributed by atoms with van der Waals surface area (Å²) in [5.41, 5.74) is 0.481. The van der Waals surface area contributed by atoms with Crippen molar-refractivity contribution in [2.45, 2.75) is 0 Å². The van der Waals surface area contributed by atoms with Gasteiger partial charge in [-0.15, -0.1) is 0 Å². The van der Waals surface area contributed by atoms with E-state index in [9.17, 15) is 0 Å². The van der Waals surface area contributed by atoms with Crippen LogP contribution in [0, 0.1) is 0 Å². The molecule has 4 heteroatoms. The van der Waals surface area contributed by atoms with E-state index in [0.29, 0.717) is 5.56 Å². The highest BCUT2D eigenvalue weighted by molar-refractivity contribution is 6.69. The maximum atomic E-state index is 8.96. The summed E-state index contributed by atoms with van der Waals surface area (Å²) < 4.78 is 0. The van der Waals surface area contributed by atoms with Gasteiger partial charge in [0.15, 0.2) is 5.17 Å². The van der Waals surface area contributed by atoms with E-state index in [2.05, 4.69) is 5.16 Å². The zero-order chi connectivity index (χ0) is 8.27. The zero-order valence-electron chi connectivity index (χ0n) is 5.53.